The Morgan fingerprint density at radius 1 is 1.14 bits per heavy atom. The number of nitrogens with zero attached hydrogens (tertiary/aromatic N) is 2. The monoisotopic (exact) mass is 287 g/mol. The third-order valence-corrected chi connectivity index (χ3v) is 4.35. The van der Waals surface area contributed by atoms with E-state index in [-0.39, 0.29) is 0 Å². The van der Waals surface area contributed by atoms with Gasteiger partial charge in [-0.15, -0.1) is 0 Å². The van der Waals surface area contributed by atoms with E-state index in [0.29, 0.717) is 0 Å². The van der Waals surface area contributed by atoms with Gasteiger partial charge in [-0.2, -0.15) is 0 Å². The van der Waals surface area contributed by atoms with Gasteiger partial charge >= 0.3 is 0 Å². The van der Waals surface area contributed by atoms with Crippen molar-refractivity contribution in [2.45, 2.75) is 77.4 Å². The molecule has 0 unspecified atom stereocenters. The first-order valence-electron chi connectivity index (χ1n) is 8.80. The Morgan fingerprint density at radius 3 is 2.57 bits per heavy atom. The van der Waals surface area contributed by atoms with E-state index in [2.05, 4.69) is 36.2 Å². The van der Waals surface area contributed by atoms with Gasteiger partial charge in [-0.3, -0.25) is 0 Å². The molecule has 0 spiro atoms. The molecule has 21 heavy (non-hydrogen) atoms. The molecule has 3 heteroatoms. The lowest BCUT2D eigenvalue weighted by Gasteiger charge is -2.24. The fourth-order valence-corrected chi connectivity index (χ4v) is 2.93. The lowest BCUT2D eigenvalue weighted by Crippen LogP contribution is -2.28. The number of rotatable bonds is 9. The molecule has 0 atom stereocenters. The van der Waals surface area contributed by atoms with Crippen LogP contribution in [-0.2, 0) is 13.0 Å². The number of aromatic nitrogens is 1. The Bertz CT molecular complexity index is 464. The van der Waals surface area contributed by atoms with Crippen molar-refractivity contribution in [2.24, 2.45) is 0 Å². The van der Waals surface area contributed by atoms with Gasteiger partial charge in [0.05, 0.1) is 0 Å². The molecular weight excluding hydrogens is 258 g/mol. The van der Waals surface area contributed by atoms with Crippen LogP contribution in [0.3, 0.4) is 0 Å². The van der Waals surface area contributed by atoms with Gasteiger partial charge in [0.1, 0.15) is 5.82 Å². The van der Waals surface area contributed by atoms with Crippen LogP contribution in [0.25, 0.3) is 0 Å². The van der Waals surface area contributed by atoms with Crippen LogP contribution < -0.4 is 10.2 Å². The van der Waals surface area contributed by atoms with E-state index >= 15 is 0 Å². The summed E-state index contributed by atoms with van der Waals surface area (Å²) in [6.45, 7) is 6.65. The van der Waals surface area contributed by atoms with Crippen molar-refractivity contribution >= 4 is 5.82 Å². The second kappa shape index (κ2) is 6.78. The summed E-state index contributed by atoms with van der Waals surface area (Å²) in [4.78, 5) is 7.49. The highest BCUT2D eigenvalue weighted by atomic mass is 15.2. The summed E-state index contributed by atoms with van der Waals surface area (Å²) in [6, 6.07) is 6.15. The normalized spacial score (nSPS) is 18.0. The SMILES string of the molecule is CCCc1cc(CNC2CC2)cc(N(CCC)C2CC2)n1. The molecule has 3 nitrogen and oxygen atoms in total. The summed E-state index contributed by atoms with van der Waals surface area (Å²) < 4.78 is 0. The van der Waals surface area contributed by atoms with Crippen molar-refractivity contribution in [2.75, 3.05) is 11.4 Å². The molecule has 0 radical (unpaired) electrons. The maximum absolute atomic E-state index is 4.94. The minimum atomic E-state index is 0.749. The Kier molecular flexibility index (Phi) is 4.79. The molecule has 0 bridgehead atoms. The molecule has 0 aliphatic heterocycles. The van der Waals surface area contributed by atoms with E-state index in [1.807, 2.05) is 0 Å². The van der Waals surface area contributed by atoms with Crippen molar-refractivity contribution in [1.29, 1.82) is 0 Å². The molecular formula is C18H29N3. The second-order valence-corrected chi connectivity index (χ2v) is 6.65. The van der Waals surface area contributed by atoms with Crippen LogP contribution in [0, 0.1) is 0 Å². The van der Waals surface area contributed by atoms with Crippen LogP contribution in [0.1, 0.15) is 63.6 Å². The van der Waals surface area contributed by atoms with Gasteiger partial charge in [0.25, 0.3) is 0 Å². The number of hydrogen-bond donors (Lipinski definition) is 1. The van der Waals surface area contributed by atoms with Crippen molar-refractivity contribution in [1.82, 2.24) is 10.3 Å². The van der Waals surface area contributed by atoms with Gasteiger partial charge in [0, 0.05) is 30.9 Å². The minimum absolute atomic E-state index is 0.749. The average Bonchev–Trinajstić information content (AvgIpc) is 3.37. The van der Waals surface area contributed by atoms with Crippen LogP contribution in [0.5, 0.6) is 0 Å². The van der Waals surface area contributed by atoms with E-state index < -0.39 is 0 Å². The molecule has 3 rings (SSSR count). The van der Waals surface area contributed by atoms with Crippen LogP contribution in [0.4, 0.5) is 5.82 Å². The molecule has 116 valence electrons. The Morgan fingerprint density at radius 2 is 1.95 bits per heavy atom. The van der Waals surface area contributed by atoms with E-state index in [0.717, 1.165) is 31.6 Å². The smallest absolute Gasteiger partial charge is 0.129 e. The zero-order chi connectivity index (χ0) is 14.7. The van der Waals surface area contributed by atoms with Crippen LogP contribution in [0.15, 0.2) is 12.1 Å². The predicted molar refractivity (Wildman–Crippen MR) is 88.8 cm³/mol. The molecule has 1 N–H and O–H groups in total. The third kappa shape index (κ3) is 4.19. The molecule has 0 saturated heterocycles. The number of anilines is 1. The molecule has 0 aromatic carbocycles. The lowest BCUT2D eigenvalue weighted by molar-refractivity contribution is 0.682. The Balaban J connectivity index is 1.78. The van der Waals surface area contributed by atoms with Crippen LogP contribution in [-0.4, -0.2) is 23.6 Å². The highest BCUT2D eigenvalue weighted by Gasteiger charge is 2.29. The second-order valence-electron chi connectivity index (χ2n) is 6.65. The van der Waals surface area contributed by atoms with Gasteiger partial charge in [-0.05, 0) is 56.2 Å². The summed E-state index contributed by atoms with van der Waals surface area (Å²) in [7, 11) is 0. The largest absolute Gasteiger partial charge is 0.354 e. The molecule has 1 heterocycles. The zero-order valence-electron chi connectivity index (χ0n) is 13.6. The highest BCUT2D eigenvalue weighted by molar-refractivity contribution is 5.45. The topological polar surface area (TPSA) is 28.2 Å². The highest BCUT2D eigenvalue weighted by Crippen LogP contribution is 2.31. The molecule has 1 aromatic heterocycles. The number of nitrogens with one attached hydrogen (secondary N) is 1. The van der Waals surface area contributed by atoms with Crippen LogP contribution >= 0.6 is 0 Å². The standard InChI is InChI=1S/C18H29N3/c1-3-5-16-11-14(13-19-15-6-7-15)12-18(20-16)21(10-4-2)17-8-9-17/h11-12,15,17,19H,3-10,13H2,1-2H3. The van der Waals surface area contributed by atoms with Gasteiger partial charge < -0.3 is 10.2 Å². The van der Waals surface area contributed by atoms with E-state index in [1.54, 1.807) is 0 Å². The molecule has 2 aliphatic rings. The van der Waals surface area contributed by atoms with Crippen LogP contribution in [0.2, 0.25) is 0 Å². The van der Waals surface area contributed by atoms with Gasteiger partial charge in [-0.1, -0.05) is 20.3 Å². The zero-order valence-corrected chi connectivity index (χ0v) is 13.6. The van der Waals surface area contributed by atoms with Crippen molar-refractivity contribution in [3.8, 4) is 0 Å². The van der Waals surface area contributed by atoms with E-state index in [4.69, 9.17) is 4.98 Å². The maximum atomic E-state index is 4.94. The van der Waals surface area contributed by atoms with Crippen molar-refractivity contribution in [3.05, 3.63) is 23.4 Å². The Hall–Kier alpha value is -1.09. The average molecular weight is 287 g/mol. The molecule has 2 fully saturated rings. The lowest BCUT2D eigenvalue weighted by atomic mass is 10.1. The number of pyridine rings is 1. The summed E-state index contributed by atoms with van der Waals surface area (Å²) in [5.41, 5.74) is 2.68. The molecule has 0 amide bonds. The Labute approximate surface area is 129 Å². The predicted octanol–water partition coefficient (Wildman–Crippen LogP) is 3.66. The molecule has 2 aliphatic carbocycles. The fraction of sp³-hybridized carbons (Fsp3) is 0.722. The van der Waals surface area contributed by atoms with Crippen molar-refractivity contribution < 1.29 is 0 Å². The number of aryl methyl sites for hydroxylation is 1. The minimum Gasteiger partial charge on any atom is -0.354 e. The third-order valence-electron chi connectivity index (χ3n) is 4.35. The summed E-state index contributed by atoms with van der Waals surface area (Å²) >= 11 is 0. The van der Waals surface area contributed by atoms with Gasteiger partial charge in [0.2, 0.25) is 0 Å². The van der Waals surface area contributed by atoms with Crippen molar-refractivity contribution in [3.63, 3.8) is 0 Å². The van der Waals surface area contributed by atoms with E-state index in [1.165, 1.54) is 55.6 Å². The first-order chi connectivity index (χ1) is 10.3. The summed E-state index contributed by atoms with van der Waals surface area (Å²) in [6.07, 6.45) is 8.85. The quantitative estimate of drug-likeness (QED) is 0.751. The summed E-state index contributed by atoms with van der Waals surface area (Å²) in [5.74, 6) is 1.22. The molecule has 2 saturated carbocycles. The first kappa shape index (κ1) is 14.8. The maximum Gasteiger partial charge on any atom is 0.129 e. The number of hydrogen-bond acceptors (Lipinski definition) is 3. The van der Waals surface area contributed by atoms with Gasteiger partial charge in [0.15, 0.2) is 0 Å². The first-order valence-corrected chi connectivity index (χ1v) is 8.80. The van der Waals surface area contributed by atoms with Gasteiger partial charge in [-0.25, -0.2) is 4.98 Å². The molecule has 1 aromatic rings. The fourth-order valence-electron chi connectivity index (χ4n) is 2.93. The summed E-state index contributed by atoms with van der Waals surface area (Å²) in [5, 5.41) is 3.64. The van der Waals surface area contributed by atoms with E-state index in [9.17, 15) is 0 Å².